The van der Waals surface area contributed by atoms with Gasteiger partial charge in [-0.2, -0.15) is 5.10 Å². The number of nitrogens with one attached hydrogen (secondary N) is 1. The van der Waals surface area contributed by atoms with E-state index in [1.165, 1.54) is 22.8 Å². The molecule has 5 aromatic rings. The fourth-order valence-corrected chi connectivity index (χ4v) is 3.53. The first-order valence-corrected chi connectivity index (χ1v) is 10.0. The second-order valence-corrected chi connectivity index (χ2v) is 7.26. The van der Waals surface area contributed by atoms with Crippen molar-refractivity contribution in [3.05, 3.63) is 88.7 Å². The number of pyridine rings is 1. The quantitative estimate of drug-likeness (QED) is 0.447. The van der Waals surface area contributed by atoms with Crippen LogP contribution in [0, 0.1) is 12.7 Å². The maximum absolute atomic E-state index is 13.3. The Balaban J connectivity index is 1.47. The summed E-state index contributed by atoms with van der Waals surface area (Å²) < 4.78 is 21.3. The minimum Gasteiger partial charge on any atom is -0.484 e. The lowest BCUT2D eigenvalue weighted by Crippen LogP contribution is -2.35. The molecule has 9 nitrogen and oxygen atoms in total. The third-order valence-corrected chi connectivity index (χ3v) is 5.05. The zero-order valence-corrected chi connectivity index (χ0v) is 17.4. The Morgan fingerprint density at radius 3 is 2.58 bits per heavy atom. The van der Waals surface area contributed by atoms with Crippen molar-refractivity contribution >= 4 is 22.6 Å². The van der Waals surface area contributed by atoms with E-state index in [1.807, 2.05) is 6.07 Å². The highest BCUT2D eigenvalue weighted by Crippen LogP contribution is 2.28. The van der Waals surface area contributed by atoms with Gasteiger partial charge in [0.2, 0.25) is 0 Å². The fraction of sp³-hybridized carbons (Fsp3) is 0.0870. The van der Waals surface area contributed by atoms with E-state index in [0.717, 1.165) is 10.2 Å². The molecule has 1 amide bonds. The Kier molecular flexibility index (Phi) is 5.02. The number of benzene rings is 2. The Morgan fingerprint density at radius 2 is 1.82 bits per heavy atom. The smallest absolute Gasteiger partial charge is 0.299 e. The molecule has 0 spiro atoms. The van der Waals surface area contributed by atoms with Crippen molar-refractivity contribution in [1.82, 2.24) is 24.5 Å². The van der Waals surface area contributed by atoms with Crippen molar-refractivity contribution in [3.63, 3.8) is 0 Å². The topological polar surface area (TPSA) is 103 Å². The number of fused-ring (bicyclic) bond motifs is 3. The molecule has 10 heteroatoms. The van der Waals surface area contributed by atoms with Gasteiger partial charge >= 0.3 is 0 Å². The minimum atomic E-state index is -0.563. The van der Waals surface area contributed by atoms with E-state index in [1.54, 1.807) is 49.4 Å². The number of carbonyl (C=O) groups is 1. The summed E-state index contributed by atoms with van der Waals surface area (Å²) in [4.78, 5) is 25.1. The molecule has 2 aromatic carbocycles. The molecule has 0 atom stereocenters. The Labute approximate surface area is 186 Å². The van der Waals surface area contributed by atoms with Crippen LogP contribution in [0.2, 0.25) is 0 Å². The summed E-state index contributed by atoms with van der Waals surface area (Å²) in [6.07, 6.45) is 1.42. The van der Waals surface area contributed by atoms with E-state index < -0.39 is 11.5 Å². The third-order valence-electron chi connectivity index (χ3n) is 5.05. The minimum absolute atomic E-state index is 0.0300. The molecule has 0 bridgehead atoms. The molecule has 0 saturated heterocycles. The lowest BCUT2D eigenvalue weighted by Gasteiger charge is -2.10. The number of rotatable bonds is 5. The van der Waals surface area contributed by atoms with Crippen LogP contribution in [0.1, 0.15) is 5.69 Å². The SMILES string of the molecule is Cc1nn2c(nnc3c(=O)n(NC(=O)COc4ccccc4)ccc32)c1-c1ccc(F)cc1. The molecule has 0 unspecified atom stereocenters. The van der Waals surface area contributed by atoms with Crippen LogP contribution in [-0.4, -0.2) is 37.0 Å². The maximum atomic E-state index is 13.3. The number of hydrogen-bond acceptors (Lipinski definition) is 6. The van der Waals surface area contributed by atoms with Crippen LogP contribution >= 0.6 is 0 Å². The summed E-state index contributed by atoms with van der Waals surface area (Å²) in [6, 6.07) is 16.5. The largest absolute Gasteiger partial charge is 0.484 e. The zero-order valence-electron chi connectivity index (χ0n) is 17.4. The lowest BCUT2D eigenvalue weighted by molar-refractivity contribution is -0.119. The predicted molar refractivity (Wildman–Crippen MR) is 119 cm³/mol. The number of aromatic nitrogens is 5. The van der Waals surface area contributed by atoms with Crippen LogP contribution in [0.15, 0.2) is 71.7 Å². The number of ether oxygens (including phenoxy) is 1. The molecule has 0 aliphatic heterocycles. The molecule has 3 aromatic heterocycles. The Morgan fingerprint density at radius 1 is 1.06 bits per heavy atom. The van der Waals surface area contributed by atoms with Crippen LogP contribution in [-0.2, 0) is 4.79 Å². The molecule has 3 heterocycles. The number of hydrogen-bond donors (Lipinski definition) is 1. The van der Waals surface area contributed by atoms with Gasteiger partial charge in [-0.25, -0.2) is 13.6 Å². The summed E-state index contributed by atoms with van der Waals surface area (Å²) in [6.45, 7) is 1.53. The van der Waals surface area contributed by atoms with Crippen molar-refractivity contribution in [2.75, 3.05) is 12.0 Å². The van der Waals surface area contributed by atoms with Crippen molar-refractivity contribution in [2.45, 2.75) is 6.92 Å². The van der Waals surface area contributed by atoms with E-state index in [2.05, 4.69) is 20.7 Å². The average Bonchev–Trinajstić information content (AvgIpc) is 3.17. The number of amides is 1. The van der Waals surface area contributed by atoms with Crippen molar-refractivity contribution in [3.8, 4) is 16.9 Å². The van der Waals surface area contributed by atoms with Crippen molar-refractivity contribution < 1.29 is 13.9 Å². The van der Waals surface area contributed by atoms with Crippen LogP contribution in [0.3, 0.4) is 0 Å². The van der Waals surface area contributed by atoms with E-state index in [-0.39, 0.29) is 17.9 Å². The number of carbonyl (C=O) groups excluding carboxylic acids is 1. The summed E-state index contributed by atoms with van der Waals surface area (Å²) >= 11 is 0. The number of nitrogens with zero attached hydrogens (tertiary/aromatic N) is 5. The van der Waals surface area contributed by atoms with Gasteiger partial charge in [-0.05, 0) is 42.8 Å². The Bertz CT molecular complexity index is 1540. The van der Waals surface area contributed by atoms with Gasteiger partial charge in [0.15, 0.2) is 17.8 Å². The summed E-state index contributed by atoms with van der Waals surface area (Å²) in [7, 11) is 0. The van der Waals surface area contributed by atoms with Gasteiger partial charge in [0.1, 0.15) is 17.1 Å². The maximum Gasteiger partial charge on any atom is 0.299 e. The van der Waals surface area contributed by atoms with Crippen LogP contribution < -0.4 is 15.7 Å². The first-order valence-electron chi connectivity index (χ1n) is 10.0. The number of aryl methyl sites for hydroxylation is 1. The monoisotopic (exact) mass is 444 g/mol. The predicted octanol–water partition coefficient (Wildman–Crippen LogP) is 2.70. The molecule has 0 aliphatic carbocycles. The van der Waals surface area contributed by atoms with Gasteiger partial charge < -0.3 is 4.74 Å². The molecule has 33 heavy (non-hydrogen) atoms. The number of para-hydroxylation sites is 1. The Hall–Kier alpha value is -4.60. The molecule has 0 aliphatic rings. The molecule has 0 fully saturated rings. The van der Waals surface area contributed by atoms with Gasteiger partial charge in [0, 0.05) is 6.20 Å². The molecule has 164 valence electrons. The fourth-order valence-electron chi connectivity index (χ4n) is 3.53. The van der Waals surface area contributed by atoms with Crippen LogP contribution in [0.25, 0.3) is 27.8 Å². The van der Waals surface area contributed by atoms with Crippen LogP contribution in [0.5, 0.6) is 5.75 Å². The van der Waals surface area contributed by atoms with Gasteiger partial charge in [-0.15, -0.1) is 10.2 Å². The highest BCUT2D eigenvalue weighted by molar-refractivity contribution is 5.86. The average molecular weight is 444 g/mol. The summed E-state index contributed by atoms with van der Waals surface area (Å²) in [5.41, 5.74) is 4.88. The summed E-state index contributed by atoms with van der Waals surface area (Å²) in [5, 5.41) is 12.8. The van der Waals surface area contributed by atoms with E-state index in [0.29, 0.717) is 28.2 Å². The van der Waals surface area contributed by atoms with Gasteiger partial charge in [-0.3, -0.25) is 15.0 Å². The molecule has 1 N–H and O–H groups in total. The highest BCUT2D eigenvalue weighted by atomic mass is 19.1. The normalized spacial score (nSPS) is 11.1. The highest BCUT2D eigenvalue weighted by Gasteiger charge is 2.18. The second kappa shape index (κ2) is 8.15. The van der Waals surface area contributed by atoms with Crippen molar-refractivity contribution in [2.24, 2.45) is 0 Å². The van der Waals surface area contributed by atoms with Gasteiger partial charge in [0.25, 0.3) is 11.5 Å². The molecule has 0 radical (unpaired) electrons. The lowest BCUT2D eigenvalue weighted by atomic mass is 10.1. The zero-order chi connectivity index (χ0) is 22.9. The molecular weight excluding hydrogens is 427 g/mol. The first-order chi connectivity index (χ1) is 16.0. The molecule has 0 saturated carbocycles. The third kappa shape index (κ3) is 3.78. The van der Waals surface area contributed by atoms with E-state index >= 15 is 0 Å². The van der Waals surface area contributed by atoms with Crippen LogP contribution in [0.4, 0.5) is 4.39 Å². The van der Waals surface area contributed by atoms with Gasteiger partial charge in [-0.1, -0.05) is 30.3 Å². The number of halogens is 1. The van der Waals surface area contributed by atoms with E-state index in [4.69, 9.17) is 4.74 Å². The molecule has 5 rings (SSSR count). The standard InChI is InChI=1S/C23H17FN6O3/c1-14-20(15-7-9-16(24)10-8-15)22-26-25-21-18(30(22)27-14)11-12-29(23(21)32)28-19(31)13-33-17-5-3-2-4-6-17/h2-12H,13H2,1H3,(H,28,31). The molecular formula is C23H17FN6O3. The van der Waals surface area contributed by atoms with E-state index in [9.17, 15) is 14.0 Å². The first kappa shape index (κ1) is 20.3. The second-order valence-electron chi connectivity index (χ2n) is 7.26. The summed E-state index contributed by atoms with van der Waals surface area (Å²) in [5.74, 6) is -0.318. The van der Waals surface area contributed by atoms with Crippen molar-refractivity contribution in [1.29, 1.82) is 0 Å². The van der Waals surface area contributed by atoms with Gasteiger partial charge in [0.05, 0.1) is 11.3 Å².